The maximum Gasteiger partial charge on any atom is 0.305 e. The first-order valence-corrected chi connectivity index (χ1v) is 9.60. The summed E-state index contributed by atoms with van der Waals surface area (Å²) in [6, 6.07) is 11.3. The van der Waals surface area contributed by atoms with Crippen molar-refractivity contribution < 1.29 is 18.7 Å². The number of halogens is 1. The predicted octanol–water partition coefficient (Wildman–Crippen LogP) is 4.29. The van der Waals surface area contributed by atoms with E-state index in [9.17, 15) is 14.0 Å². The van der Waals surface area contributed by atoms with E-state index < -0.39 is 5.82 Å². The lowest BCUT2D eigenvalue weighted by Crippen LogP contribution is -2.13. The van der Waals surface area contributed by atoms with Crippen LogP contribution in [0.25, 0.3) is 5.69 Å². The summed E-state index contributed by atoms with van der Waals surface area (Å²) >= 11 is 0. The van der Waals surface area contributed by atoms with Crippen LogP contribution in [-0.4, -0.2) is 28.8 Å². The van der Waals surface area contributed by atoms with Crippen molar-refractivity contribution in [3.05, 3.63) is 76.4 Å². The van der Waals surface area contributed by atoms with Crippen LogP contribution in [0.3, 0.4) is 0 Å². The van der Waals surface area contributed by atoms with Crippen LogP contribution in [0, 0.1) is 26.6 Å². The lowest BCUT2D eigenvalue weighted by molar-refractivity contribution is -0.140. The number of ether oxygens (including phenoxy) is 1. The summed E-state index contributed by atoms with van der Waals surface area (Å²) < 4.78 is 19.9. The van der Waals surface area contributed by atoms with Crippen LogP contribution < -0.4 is 5.32 Å². The molecule has 0 aliphatic heterocycles. The van der Waals surface area contributed by atoms with Crippen LogP contribution in [0.4, 0.5) is 10.1 Å². The third-order valence-electron chi connectivity index (χ3n) is 5.07. The molecular formula is C23H24FN3O3. The Morgan fingerprint density at radius 1 is 1.10 bits per heavy atom. The fourth-order valence-corrected chi connectivity index (χ4v) is 3.29. The third kappa shape index (κ3) is 4.56. The molecule has 1 heterocycles. The standard InChI is InChI=1S/C23H24FN3O3/c1-14-5-8-18(24)13-21(14)25-23(29)17-6-9-19(10-7-17)27-16(3)20(15(2)26-27)11-12-22(28)30-4/h5-10,13H,11-12H2,1-4H3,(H,25,29). The maximum absolute atomic E-state index is 13.4. The fraction of sp³-hybridized carbons (Fsp3) is 0.261. The molecule has 1 amide bonds. The Labute approximate surface area is 174 Å². The molecule has 1 N–H and O–H groups in total. The van der Waals surface area contributed by atoms with Crippen molar-refractivity contribution in [1.82, 2.24) is 9.78 Å². The number of hydrogen-bond acceptors (Lipinski definition) is 4. The number of amides is 1. The molecule has 3 aromatic rings. The first kappa shape index (κ1) is 21.2. The van der Waals surface area contributed by atoms with Crippen LogP contribution in [0.1, 0.15) is 39.3 Å². The van der Waals surface area contributed by atoms with Crippen LogP contribution >= 0.6 is 0 Å². The first-order chi connectivity index (χ1) is 14.3. The van der Waals surface area contributed by atoms with Crippen molar-refractivity contribution in [2.24, 2.45) is 0 Å². The molecule has 2 aromatic carbocycles. The van der Waals surface area contributed by atoms with Crippen molar-refractivity contribution in [1.29, 1.82) is 0 Å². The van der Waals surface area contributed by atoms with Gasteiger partial charge in [-0.05, 0) is 74.7 Å². The number of hydrogen-bond donors (Lipinski definition) is 1. The van der Waals surface area contributed by atoms with Crippen molar-refractivity contribution in [3.8, 4) is 5.69 Å². The highest BCUT2D eigenvalue weighted by Gasteiger charge is 2.15. The second-order valence-corrected chi connectivity index (χ2v) is 7.10. The van der Waals surface area contributed by atoms with Gasteiger partial charge in [-0.2, -0.15) is 5.10 Å². The molecule has 1 aromatic heterocycles. The van der Waals surface area contributed by atoms with Gasteiger partial charge in [-0.1, -0.05) is 6.07 Å². The van der Waals surface area contributed by atoms with Gasteiger partial charge >= 0.3 is 5.97 Å². The minimum absolute atomic E-state index is 0.259. The largest absolute Gasteiger partial charge is 0.469 e. The number of methoxy groups -OCH3 is 1. The molecule has 0 spiro atoms. The second-order valence-electron chi connectivity index (χ2n) is 7.10. The Balaban J connectivity index is 1.78. The average molecular weight is 409 g/mol. The highest BCUT2D eigenvalue weighted by Crippen LogP contribution is 2.21. The molecular weight excluding hydrogens is 385 g/mol. The molecule has 0 saturated heterocycles. The minimum Gasteiger partial charge on any atom is -0.469 e. The van der Waals surface area contributed by atoms with E-state index in [0.29, 0.717) is 24.1 Å². The minimum atomic E-state index is -0.404. The molecule has 0 unspecified atom stereocenters. The Bertz CT molecular complexity index is 1090. The molecule has 0 aliphatic rings. The fourth-order valence-electron chi connectivity index (χ4n) is 3.29. The average Bonchev–Trinajstić information content (AvgIpc) is 3.02. The highest BCUT2D eigenvalue weighted by atomic mass is 19.1. The molecule has 0 radical (unpaired) electrons. The molecule has 0 aliphatic carbocycles. The topological polar surface area (TPSA) is 73.2 Å². The van der Waals surface area contributed by atoms with Gasteiger partial charge in [0.2, 0.25) is 0 Å². The van der Waals surface area contributed by atoms with Gasteiger partial charge < -0.3 is 10.1 Å². The number of benzene rings is 2. The summed E-state index contributed by atoms with van der Waals surface area (Å²) in [4.78, 5) is 24.0. The van der Waals surface area contributed by atoms with Crippen molar-refractivity contribution in [2.75, 3.05) is 12.4 Å². The smallest absolute Gasteiger partial charge is 0.305 e. The van der Waals surface area contributed by atoms with E-state index in [1.54, 1.807) is 41.9 Å². The number of rotatable bonds is 6. The maximum atomic E-state index is 13.4. The Hall–Kier alpha value is -3.48. The van der Waals surface area contributed by atoms with Crippen LogP contribution in [0.5, 0.6) is 0 Å². The monoisotopic (exact) mass is 409 g/mol. The zero-order valence-corrected chi connectivity index (χ0v) is 17.5. The van der Waals surface area contributed by atoms with Gasteiger partial charge in [0, 0.05) is 23.4 Å². The summed E-state index contributed by atoms with van der Waals surface area (Å²) in [7, 11) is 1.37. The number of aromatic nitrogens is 2. The quantitative estimate of drug-likeness (QED) is 0.616. The Kier molecular flexibility index (Phi) is 6.30. The molecule has 0 fully saturated rings. The lowest BCUT2D eigenvalue weighted by Gasteiger charge is -2.10. The number of esters is 1. The number of nitrogens with zero attached hydrogens (tertiary/aromatic N) is 2. The molecule has 6 nitrogen and oxygen atoms in total. The van der Waals surface area contributed by atoms with Crippen LogP contribution in [0.2, 0.25) is 0 Å². The number of anilines is 1. The van der Waals surface area contributed by atoms with E-state index in [1.165, 1.54) is 19.2 Å². The molecule has 0 atom stereocenters. The van der Waals surface area contributed by atoms with Gasteiger partial charge in [-0.3, -0.25) is 9.59 Å². The summed E-state index contributed by atoms with van der Waals surface area (Å²) in [6.07, 6.45) is 0.848. The number of nitrogens with one attached hydrogen (secondary N) is 1. The van der Waals surface area contributed by atoms with Crippen molar-refractivity contribution >= 4 is 17.6 Å². The van der Waals surface area contributed by atoms with Gasteiger partial charge in [0.25, 0.3) is 5.91 Å². The van der Waals surface area contributed by atoms with Gasteiger partial charge in [0.15, 0.2) is 0 Å². The summed E-state index contributed by atoms with van der Waals surface area (Å²) in [5, 5.41) is 7.31. The van der Waals surface area contributed by atoms with Crippen molar-refractivity contribution in [2.45, 2.75) is 33.6 Å². The molecule has 30 heavy (non-hydrogen) atoms. The van der Waals surface area contributed by atoms with Gasteiger partial charge in [-0.15, -0.1) is 0 Å². The van der Waals surface area contributed by atoms with Crippen molar-refractivity contribution in [3.63, 3.8) is 0 Å². The second kappa shape index (κ2) is 8.90. The Morgan fingerprint density at radius 3 is 2.47 bits per heavy atom. The molecule has 156 valence electrons. The van der Waals surface area contributed by atoms with Gasteiger partial charge in [0.1, 0.15) is 5.82 Å². The van der Waals surface area contributed by atoms with E-state index >= 15 is 0 Å². The van der Waals surface area contributed by atoms with Gasteiger partial charge in [0.05, 0.1) is 18.5 Å². The van der Waals surface area contributed by atoms with Crippen LogP contribution in [0.15, 0.2) is 42.5 Å². The lowest BCUT2D eigenvalue weighted by atomic mass is 10.1. The first-order valence-electron chi connectivity index (χ1n) is 9.60. The van der Waals surface area contributed by atoms with E-state index in [0.717, 1.165) is 28.2 Å². The summed E-state index contributed by atoms with van der Waals surface area (Å²) in [5.41, 5.74) is 5.27. The van der Waals surface area contributed by atoms with E-state index in [-0.39, 0.29) is 11.9 Å². The van der Waals surface area contributed by atoms with E-state index in [4.69, 9.17) is 4.74 Å². The SMILES string of the molecule is COC(=O)CCc1c(C)nn(-c2ccc(C(=O)Nc3cc(F)ccc3C)cc2)c1C. The van der Waals surface area contributed by atoms with Gasteiger partial charge in [-0.25, -0.2) is 9.07 Å². The normalized spacial score (nSPS) is 10.7. The number of carbonyl (C=O) groups excluding carboxylic acids is 2. The molecule has 0 bridgehead atoms. The summed E-state index contributed by atoms with van der Waals surface area (Å²) in [6.45, 7) is 5.65. The zero-order valence-electron chi connectivity index (χ0n) is 17.5. The number of carbonyl (C=O) groups is 2. The van der Waals surface area contributed by atoms with E-state index in [1.807, 2.05) is 13.8 Å². The molecule has 3 rings (SSSR count). The third-order valence-corrected chi connectivity index (χ3v) is 5.07. The van der Waals surface area contributed by atoms with E-state index in [2.05, 4.69) is 10.4 Å². The highest BCUT2D eigenvalue weighted by molar-refractivity contribution is 6.04. The Morgan fingerprint density at radius 2 is 1.80 bits per heavy atom. The van der Waals surface area contributed by atoms with Crippen LogP contribution in [-0.2, 0) is 16.0 Å². The summed E-state index contributed by atoms with van der Waals surface area (Å²) in [5.74, 6) is -0.980. The predicted molar refractivity (Wildman–Crippen MR) is 112 cm³/mol. The number of aryl methyl sites for hydroxylation is 2. The molecule has 7 heteroatoms. The molecule has 0 saturated carbocycles. The zero-order chi connectivity index (χ0) is 21.8.